The molecule has 0 fully saturated rings. The summed E-state index contributed by atoms with van der Waals surface area (Å²) in [7, 11) is 0. The van der Waals surface area contributed by atoms with E-state index in [4.69, 9.17) is 9.47 Å². The van der Waals surface area contributed by atoms with Gasteiger partial charge in [0.25, 0.3) is 5.91 Å². The quantitative estimate of drug-likeness (QED) is 0.0671. The van der Waals surface area contributed by atoms with Crippen molar-refractivity contribution in [3.8, 4) is 5.75 Å². The van der Waals surface area contributed by atoms with E-state index >= 15 is 9.59 Å². The first-order valence-electron chi connectivity index (χ1n) is 20.1. The average Bonchev–Trinajstić information content (AvgIpc) is 3.59. The van der Waals surface area contributed by atoms with Gasteiger partial charge in [0.1, 0.15) is 11.9 Å². The number of hydrogen-bond donors (Lipinski definition) is 1. The predicted molar refractivity (Wildman–Crippen MR) is 233 cm³/mol. The van der Waals surface area contributed by atoms with Crippen LogP contribution in [0.15, 0.2) is 158 Å². The number of carbonyl (C=O) groups excluding carboxylic acids is 3. The lowest BCUT2D eigenvalue weighted by Gasteiger charge is -2.39. The van der Waals surface area contributed by atoms with E-state index in [1.165, 1.54) is 6.92 Å². The van der Waals surface area contributed by atoms with E-state index in [1.807, 2.05) is 144 Å². The topological polar surface area (TPSA) is 96.4 Å². The molecule has 0 aliphatic carbocycles. The molecule has 7 aromatic carbocycles. The van der Waals surface area contributed by atoms with E-state index < -0.39 is 24.2 Å². The highest BCUT2D eigenvalue weighted by molar-refractivity contribution is 6.08. The highest BCUT2D eigenvalue weighted by Gasteiger charge is 2.50. The molecule has 1 aliphatic heterocycles. The Balaban J connectivity index is 1.34. The van der Waals surface area contributed by atoms with Gasteiger partial charge in [-0.05, 0) is 67.7 Å². The number of esters is 1. The van der Waals surface area contributed by atoms with Gasteiger partial charge < -0.3 is 24.4 Å². The highest BCUT2D eigenvalue weighted by atomic mass is 16.5. The van der Waals surface area contributed by atoms with Gasteiger partial charge in [-0.1, -0.05) is 127 Å². The number of benzene rings is 7. The van der Waals surface area contributed by atoms with Crippen molar-refractivity contribution in [3.05, 3.63) is 181 Å². The molecule has 59 heavy (non-hydrogen) atoms. The third-order valence-electron chi connectivity index (χ3n) is 11.1. The van der Waals surface area contributed by atoms with Crippen LogP contribution < -0.4 is 9.64 Å². The van der Waals surface area contributed by atoms with Gasteiger partial charge in [0.2, 0.25) is 5.91 Å². The van der Waals surface area contributed by atoms with E-state index in [1.54, 1.807) is 11.0 Å². The van der Waals surface area contributed by atoms with Gasteiger partial charge in [0, 0.05) is 49.7 Å². The molecule has 0 saturated heterocycles. The summed E-state index contributed by atoms with van der Waals surface area (Å²) in [6, 6.07) is 45.6. The highest BCUT2D eigenvalue weighted by Crippen LogP contribution is 2.48. The van der Waals surface area contributed by atoms with Crippen molar-refractivity contribution in [1.29, 1.82) is 0 Å². The number of anilines is 1. The Hall–Kier alpha value is -6.77. The molecule has 3 atom stereocenters. The summed E-state index contributed by atoms with van der Waals surface area (Å²) < 4.78 is 12.3. The van der Waals surface area contributed by atoms with Crippen LogP contribution in [0.3, 0.4) is 0 Å². The van der Waals surface area contributed by atoms with Crippen molar-refractivity contribution in [2.75, 3.05) is 18.1 Å². The summed E-state index contributed by atoms with van der Waals surface area (Å²) in [5.74, 6) is -0.444. The second-order valence-electron chi connectivity index (χ2n) is 15.0. The second kappa shape index (κ2) is 17.4. The number of fused-ring (bicyclic) bond motifs is 4. The molecule has 8 rings (SSSR count). The standard InChI is InChI=1S/C51H46N2O6/c1-3-13-47(59-34(2)55)50-49(52(33-40-20-10-18-37-15-6-8-21-42(37)40)51(57)44-23-11-19-38-16-7-9-22-43(38)44)45-32-41(58-29-12-28-54)26-27-46(45)53(50)48(56)31-35-24-25-36-14-4-5-17-39(36)30-35/h3-11,14-27,30,32,47,49-50,54H,1,12-13,28-29,31,33H2,2H3/t47?,49-,50+/m0/s1. The molecule has 296 valence electrons. The van der Waals surface area contributed by atoms with Gasteiger partial charge in [-0.2, -0.15) is 0 Å². The zero-order valence-electron chi connectivity index (χ0n) is 33.0. The van der Waals surface area contributed by atoms with Gasteiger partial charge >= 0.3 is 5.97 Å². The van der Waals surface area contributed by atoms with Crippen LogP contribution in [-0.4, -0.2) is 53.1 Å². The number of aliphatic hydroxyl groups is 1. The number of amides is 2. The van der Waals surface area contributed by atoms with Crippen molar-refractivity contribution in [3.63, 3.8) is 0 Å². The number of carbonyl (C=O) groups is 3. The van der Waals surface area contributed by atoms with E-state index in [2.05, 4.69) is 12.6 Å². The first-order chi connectivity index (χ1) is 28.8. The molecular formula is C51H46N2O6. The monoisotopic (exact) mass is 782 g/mol. The largest absolute Gasteiger partial charge is 0.493 e. The molecule has 1 heterocycles. The molecule has 1 unspecified atom stereocenters. The Kier molecular flexibility index (Phi) is 11.5. The van der Waals surface area contributed by atoms with Gasteiger partial charge in [-0.3, -0.25) is 14.4 Å². The normalized spacial score (nSPS) is 15.2. The smallest absolute Gasteiger partial charge is 0.302 e. The van der Waals surface area contributed by atoms with Crippen LogP contribution in [0, 0.1) is 0 Å². The minimum absolute atomic E-state index is 0.0311. The van der Waals surface area contributed by atoms with Crippen LogP contribution in [0.5, 0.6) is 5.75 Å². The molecule has 0 radical (unpaired) electrons. The summed E-state index contributed by atoms with van der Waals surface area (Å²) in [5, 5.41) is 15.4. The minimum atomic E-state index is -0.878. The Labute approximate surface area is 343 Å². The van der Waals surface area contributed by atoms with E-state index in [0.717, 1.165) is 43.4 Å². The summed E-state index contributed by atoms with van der Waals surface area (Å²) >= 11 is 0. The van der Waals surface area contributed by atoms with E-state index in [0.29, 0.717) is 29.0 Å². The van der Waals surface area contributed by atoms with Crippen molar-refractivity contribution in [1.82, 2.24) is 4.90 Å². The SMILES string of the molecule is C=CCC(OC(C)=O)[C@@H]1[C@@H](N(Cc2cccc3ccccc23)C(=O)c2cccc3ccccc23)c2cc(OCCCO)ccc2N1C(=O)Cc1ccc2ccccc2c1. The lowest BCUT2D eigenvalue weighted by Crippen LogP contribution is -2.53. The molecule has 0 bridgehead atoms. The van der Waals surface area contributed by atoms with Crippen molar-refractivity contribution >= 4 is 55.8 Å². The molecule has 7 aromatic rings. The maximum Gasteiger partial charge on any atom is 0.302 e. The van der Waals surface area contributed by atoms with Crippen LogP contribution in [0.25, 0.3) is 32.3 Å². The lowest BCUT2D eigenvalue weighted by atomic mass is 9.92. The van der Waals surface area contributed by atoms with Crippen LogP contribution >= 0.6 is 0 Å². The molecule has 8 heteroatoms. The van der Waals surface area contributed by atoms with E-state index in [-0.39, 0.29) is 44.4 Å². The minimum Gasteiger partial charge on any atom is -0.493 e. The second-order valence-corrected chi connectivity index (χ2v) is 15.0. The number of ether oxygens (including phenoxy) is 2. The third kappa shape index (κ3) is 8.05. The summed E-state index contributed by atoms with van der Waals surface area (Å²) in [6.07, 6.45) is 1.52. The van der Waals surface area contributed by atoms with Gasteiger partial charge in [-0.15, -0.1) is 6.58 Å². The van der Waals surface area contributed by atoms with Gasteiger partial charge in [0.15, 0.2) is 0 Å². The van der Waals surface area contributed by atoms with Crippen LogP contribution in [-0.2, 0) is 27.3 Å². The zero-order valence-corrected chi connectivity index (χ0v) is 33.0. The number of aliphatic hydroxyl groups excluding tert-OH is 1. The predicted octanol–water partition coefficient (Wildman–Crippen LogP) is 9.76. The first kappa shape index (κ1) is 39.1. The number of rotatable bonds is 14. The number of hydrogen-bond acceptors (Lipinski definition) is 6. The molecule has 0 spiro atoms. The third-order valence-corrected chi connectivity index (χ3v) is 11.1. The van der Waals surface area contributed by atoms with Gasteiger partial charge in [-0.25, -0.2) is 0 Å². The summed E-state index contributed by atoms with van der Waals surface area (Å²) in [4.78, 5) is 47.4. The fourth-order valence-electron chi connectivity index (χ4n) is 8.56. The van der Waals surface area contributed by atoms with Crippen molar-refractivity contribution in [2.24, 2.45) is 0 Å². The maximum atomic E-state index is 15.7. The Morgan fingerprint density at radius 1 is 0.780 bits per heavy atom. The summed E-state index contributed by atoms with van der Waals surface area (Å²) in [6.45, 7) is 5.80. The zero-order chi connectivity index (χ0) is 40.9. The van der Waals surface area contributed by atoms with Crippen LogP contribution in [0.1, 0.15) is 52.9 Å². The van der Waals surface area contributed by atoms with Crippen LogP contribution in [0.2, 0.25) is 0 Å². The maximum absolute atomic E-state index is 15.7. The van der Waals surface area contributed by atoms with Crippen molar-refractivity contribution in [2.45, 2.75) is 50.9 Å². The average molecular weight is 783 g/mol. The summed E-state index contributed by atoms with van der Waals surface area (Å²) in [5.41, 5.74) is 3.52. The molecule has 0 saturated carbocycles. The molecule has 1 aliphatic rings. The van der Waals surface area contributed by atoms with E-state index in [9.17, 15) is 9.90 Å². The Morgan fingerprint density at radius 2 is 1.46 bits per heavy atom. The Morgan fingerprint density at radius 3 is 2.20 bits per heavy atom. The fraction of sp³-hybridized carbons (Fsp3) is 0.196. The first-order valence-corrected chi connectivity index (χ1v) is 20.1. The number of nitrogens with zero attached hydrogens (tertiary/aromatic N) is 2. The molecule has 8 nitrogen and oxygen atoms in total. The molecule has 1 N–H and O–H groups in total. The molecule has 0 aromatic heterocycles. The van der Waals surface area contributed by atoms with Gasteiger partial charge in [0.05, 0.1) is 25.1 Å². The fourth-order valence-corrected chi connectivity index (χ4v) is 8.56. The lowest BCUT2D eigenvalue weighted by molar-refractivity contribution is -0.148. The van der Waals surface area contributed by atoms with Crippen LogP contribution in [0.4, 0.5) is 5.69 Å². The van der Waals surface area contributed by atoms with Crippen molar-refractivity contribution < 1.29 is 29.0 Å². The molecule has 2 amide bonds. The Bertz CT molecular complexity index is 2680. The molecular weight excluding hydrogens is 737 g/mol.